The van der Waals surface area contributed by atoms with Crippen molar-refractivity contribution in [2.45, 2.75) is 6.92 Å². The minimum Gasteiger partial charge on any atom is -0.496 e. The first-order chi connectivity index (χ1) is 8.52. The summed E-state index contributed by atoms with van der Waals surface area (Å²) in [7, 11) is 1.60. The number of hydrogen-bond donors (Lipinski definition) is 0. The predicted octanol–water partition coefficient (Wildman–Crippen LogP) is 5.03. The highest BCUT2D eigenvalue weighted by Crippen LogP contribution is 2.37. The van der Waals surface area contributed by atoms with Crippen LogP contribution in [-0.2, 0) is 0 Å². The Labute approximate surface area is 120 Å². The molecule has 18 heavy (non-hydrogen) atoms. The van der Waals surface area contributed by atoms with Crippen molar-refractivity contribution in [3.63, 3.8) is 0 Å². The Bertz CT molecular complexity index is 599. The van der Waals surface area contributed by atoms with E-state index < -0.39 is 0 Å². The molecule has 0 bridgehead atoms. The van der Waals surface area contributed by atoms with Crippen LogP contribution in [0.1, 0.15) is 5.56 Å². The van der Waals surface area contributed by atoms with Gasteiger partial charge in [0.2, 0.25) is 0 Å². The Balaban J connectivity index is 2.68. The number of halogens is 3. The van der Waals surface area contributed by atoms with Crippen LogP contribution < -0.4 is 4.74 Å². The Hall–Kier alpha value is -0.960. The molecule has 2 aromatic rings. The Morgan fingerprint density at radius 3 is 2.44 bits per heavy atom. The van der Waals surface area contributed by atoms with E-state index in [1.54, 1.807) is 13.2 Å². The number of nitrogens with zero attached hydrogens (tertiary/aromatic N) is 1. The first-order valence-corrected chi connectivity index (χ1v) is 6.33. The number of aryl methyl sites for hydroxylation is 1. The molecule has 2 rings (SSSR count). The zero-order chi connectivity index (χ0) is 13.3. The molecule has 0 amide bonds. The van der Waals surface area contributed by atoms with Crippen molar-refractivity contribution in [1.29, 1.82) is 0 Å². The molecule has 1 aromatic heterocycles. The normalized spacial score (nSPS) is 10.5. The van der Waals surface area contributed by atoms with Crippen LogP contribution >= 0.6 is 34.8 Å². The van der Waals surface area contributed by atoms with Crippen molar-refractivity contribution in [2.24, 2.45) is 0 Å². The van der Waals surface area contributed by atoms with E-state index in [2.05, 4.69) is 4.98 Å². The number of methoxy groups -OCH3 is 1. The average molecular weight is 303 g/mol. The van der Waals surface area contributed by atoms with E-state index in [9.17, 15) is 0 Å². The number of ether oxygens (including phenoxy) is 1. The number of benzene rings is 1. The molecular formula is C13H10Cl3NO. The summed E-state index contributed by atoms with van der Waals surface area (Å²) in [6, 6.07) is 7.34. The molecule has 1 aromatic carbocycles. The molecule has 0 fully saturated rings. The standard InChI is InChI=1S/C13H10Cl3NO/c1-7-3-4-11(18-2)8(5-7)12-9(14)6-10(15)13(16)17-12/h3-6H,1-2H3. The monoisotopic (exact) mass is 301 g/mol. The molecule has 0 unspecified atom stereocenters. The van der Waals surface area contributed by atoms with Gasteiger partial charge in [0.1, 0.15) is 10.9 Å². The first kappa shape index (κ1) is 13.5. The summed E-state index contributed by atoms with van der Waals surface area (Å²) < 4.78 is 5.31. The van der Waals surface area contributed by atoms with Gasteiger partial charge in [-0.2, -0.15) is 0 Å². The summed E-state index contributed by atoms with van der Waals surface area (Å²) in [5.74, 6) is 0.688. The van der Waals surface area contributed by atoms with Gasteiger partial charge in [-0.3, -0.25) is 0 Å². The molecule has 0 aliphatic heterocycles. The second kappa shape index (κ2) is 5.35. The van der Waals surface area contributed by atoms with Crippen LogP contribution in [0.5, 0.6) is 5.75 Å². The highest BCUT2D eigenvalue weighted by molar-refractivity contribution is 6.43. The van der Waals surface area contributed by atoms with Crippen molar-refractivity contribution in [3.8, 4) is 17.0 Å². The average Bonchev–Trinajstić information content (AvgIpc) is 2.34. The summed E-state index contributed by atoms with van der Waals surface area (Å²) in [4.78, 5) is 4.21. The van der Waals surface area contributed by atoms with E-state index in [0.717, 1.165) is 11.1 Å². The highest BCUT2D eigenvalue weighted by Gasteiger charge is 2.14. The minimum atomic E-state index is 0.222. The van der Waals surface area contributed by atoms with Crippen molar-refractivity contribution in [2.75, 3.05) is 7.11 Å². The zero-order valence-electron chi connectivity index (χ0n) is 9.80. The Morgan fingerprint density at radius 2 is 1.78 bits per heavy atom. The van der Waals surface area contributed by atoms with Gasteiger partial charge in [-0.25, -0.2) is 4.98 Å². The zero-order valence-corrected chi connectivity index (χ0v) is 12.1. The van der Waals surface area contributed by atoms with Crippen LogP contribution in [0.15, 0.2) is 24.3 Å². The molecule has 0 aliphatic carbocycles. The van der Waals surface area contributed by atoms with Crippen molar-refractivity contribution in [1.82, 2.24) is 4.98 Å². The lowest BCUT2D eigenvalue weighted by molar-refractivity contribution is 0.416. The third-order valence-electron chi connectivity index (χ3n) is 2.50. The van der Waals surface area contributed by atoms with E-state index in [-0.39, 0.29) is 5.15 Å². The van der Waals surface area contributed by atoms with Gasteiger partial charge in [-0.1, -0.05) is 46.4 Å². The molecule has 0 radical (unpaired) electrons. The van der Waals surface area contributed by atoms with Crippen LogP contribution in [0.4, 0.5) is 0 Å². The fraction of sp³-hybridized carbons (Fsp3) is 0.154. The number of rotatable bonds is 2. The first-order valence-electron chi connectivity index (χ1n) is 5.19. The lowest BCUT2D eigenvalue weighted by Crippen LogP contribution is -1.93. The molecule has 0 saturated carbocycles. The molecule has 2 nitrogen and oxygen atoms in total. The van der Waals surface area contributed by atoms with Gasteiger partial charge in [0.05, 0.1) is 22.8 Å². The molecular weight excluding hydrogens is 293 g/mol. The quantitative estimate of drug-likeness (QED) is 0.726. The minimum absolute atomic E-state index is 0.222. The maximum Gasteiger partial charge on any atom is 0.148 e. The molecule has 0 saturated heterocycles. The predicted molar refractivity (Wildman–Crippen MR) is 76.0 cm³/mol. The fourth-order valence-corrected chi connectivity index (χ4v) is 2.24. The van der Waals surface area contributed by atoms with E-state index in [1.807, 2.05) is 25.1 Å². The molecule has 0 atom stereocenters. The van der Waals surface area contributed by atoms with Crippen LogP contribution in [0.25, 0.3) is 11.3 Å². The summed E-state index contributed by atoms with van der Waals surface area (Å²) in [6.45, 7) is 1.98. The van der Waals surface area contributed by atoms with Crippen LogP contribution in [0.2, 0.25) is 15.2 Å². The lowest BCUT2D eigenvalue weighted by Gasteiger charge is -2.11. The Kier molecular flexibility index (Phi) is 4.00. The maximum atomic E-state index is 6.16. The number of hydrogen-bond acceptors (Lipinski definition) is 2. The fourth-order valence-electron chi connectivity index (χ4n) is 1.64. The maximum absolute atomic E-state index is 6.16. The van der Waals surface area contributed by atoms with E-state index >= 15 is 0 Å². The number of aromatic nitrogens is 1. The SMILES string of the molecule is COc1ccc(C)cc1-c1nc(Cl)c(Cl)cc1Cl. The lowest BCUT2D eigenvalue weighted by atomic mass is 10.1. The second-order valence-corrected chi connectivity index (χ2v) is 4.97. The number of pyridine rings is 1. The van der Waals surface area contributed by atoms with Gasteiger partial charge >= 0.3 is 0 Å². The smallest absolute Gasteiger partial charge is 0.148 e. The van der Waals surface area contributed by atoms with Crippen LogP contribution in [0, 0.1) is 6.92 Å². The van der Waals surface area contributed by atoms with Gasteiger partial charge in [0.25, 0.3) is 0 Å². The van der Waals surface area contributed by atoms with Crippen molar-refractivity contribution < 1.29 is 4.74 Å². The van der Waals surface area contributed by atoms with Gasteiger partial charge in [0, 0.05) is 5.56 Å². The molecule has 0 spiro atoms. The van der Waals surface area contributed by atoms with Crippen LogP contribution in [0.3, 0.4) is 0 Å². The Morgan fingerprint density at radius 1 is 1.06 bits per heavy atom. The van der Waals surface area contributed by atoms with Crippen molar-refractivity contribution in [3.05, 3.63) is 45.0 Å². The van der Waals surface area contributed by atoms with Crippen molar-refractivity contribution >= 4 is 34.8 Å². The van der Waals surface area contributed by atoms with E-state index in [4.69, 9.17) is 39.5 Å². The van der Waals surface area contributed by atoms with Gasteiger partial charge in [-0.05, 0) is 25.1 Å². The molecule has 0 aliphatic rings. The highest BCUT2D eigenvalue weighted by atomic mass is 35.5. The van der Waals surface area contributed by atoms with Crippen LogP contribution in [-0.4, -0.2) is 12.1 Å². The summed E-state index contributed by atoms with van der Waals surface area (Å²) in [6.07, 6.45) is 0. The van der Waals surface area contributed by atoms with Gasteiger partial charge in [-0.15, -0.1) is 0 Å². The van der Waals surface area contributed by atoms with E-state index in [1.165, 1.54) is 0 Å². The van der Waals surface area contributed by atoms with Gasteiger partial charge in [0.15, 0.2) is 0 Å². The second-order valence-electron chi connectivity index (χ2n) is 3.80. The summed E-state index contributed by atoms with van der Waals surface area (Å²) >= 11 is 18.0. The van der Waals surface area contributed by atoms with E-state index in [0.29, 0.717) is 21.5 Å². The molecule has 5 heteroatoms. The molecule has 94 valence electrons. The summed E-state index contributed by atoms with van der Waals surface area (Å²) in [5.41, 5.74) is 2.43. The topological polar surface area (TPSA) is 22.1 Å². The largest absolute Gasteiger partial charge is 0.496 e. The third kappa shape index (κ3) is 2.56. The third-order valence-corrected chi connectivity index (χ3v) is 3.46. The molecule has 0 N–H and O–H groups in total. The molecule has 1 heterocycles. The van der Waals surface area contributed by atoms with Gasteiger partial charge < -0.3 is 4.74 Å². The summed E-state index contributed by atoms with van der Waals surface area (Å²) in [5, 5.41) is 0.991.